The molecule has 1 fully saturated rings. The fourth-order valence-electron chi connectivity index (χ4n) is 2.05. The minimum absolute atomic E-state index is 0.264. The number of nitrogens with one attached hydrogen (secondary N) is 1. The standard InChI is InChI=1S/C14H20BrNO2/c1-2-16-9-11-8-12(15)5-6-14(11)18-10-13-4-3-7-17-13/h5-6,8,13,16H,2-4,7,9-10H2,1H3. The maximum absolute atomic E-state index is 5.89. The van der Waals surface area contributed by atoms with Crippen molar-refractivity contribution in [3.05, 3.63) is 28.2 Å². The molecular formula is C14H20BrNO2. The highest BCUT2D eigenvalue weighted by molar-refractivity contribution is 9.10. The van der Waals surface area contributed by atoms with Gasteiger partial charge in [-0.3, -0.25) is 0 Å². The summed E-state index contributed by atoms with van der Waals surface area (Å²) in [6.45, 7) is 5.42. The summed E-state index contributed by atoms with van der Waals surface area (Å²) in [5.74, 6) is 0.953. The maximum Gasteiger partial charge on any atom is 0.124 e. The third-order valence-corrected chi connectivity index (χ3v) is 3.53. The van der Waals surface area contributed by atoms with Crippen molar-refractivity contribution in [1.29, 1.82) is 0 Å². The molecule has 1 aliphatic heterocycles. The van der Waals surface area contributed by atoms with E-state index in [4.69, 9.17) is 9.47 Å². The molecule has 1 atom stereocenters. The normalized spacial score (nSPS) is 19.1. The lowest BCUT2D eigenvalue weighted by atomic mass is 10.2. The van der Waals surface area contributed by atoms with Crippen LogP contribution in [0.15, 0.2) is 22.7 Å². The molecule has 1 unspecified atom stereocenters. The van der Waals surface area contributed by atoms with Crippen LogP contribution in [0.1, 0.15) is 25.3 Å². The van der Waals surface area contributed by atoms with Crippen molar-refractivity contribution in [2.45, 2.75) is 32.4 Å². The maximum atomic E-state index is 5.89. The van der Waals surface area contributed by atoms with Gasteiger partial charge in [0, 0.05) is 23.2 Å². The van der Waals surface area contributed by atoms with Crippen LogP contribution in [0.2, 0.25) is 0 Å². The van der Waals surface area contributed by atoms with Gasteiger partial charge in [0.25, 0.3) is 0 Å². The zero-order chi connectivity index (χ0) is 12.8. The minimum Gasteiger partial charge on any atom is -0.491 e. The van der Waals surface area contributed by atoms with E-state index in [0.717, 1.165) is 42.8 Å². The second-order valence-electron chi connectivity index (χ2n) is 4.48. The Morgan fingerprint density at radius 1 is 1.50 bits per heavy atom. The molecule has 0 bridgehead atoms. The van der Waals surface area contributed by atoms with Crippen LogP contribution in [0, 0.1) is 0 Å². The largest absolute Gasteiger partial charge is 0.491 e. The first-order valence-electron chi connectivity index (χ1n) is 6.53. The highest BCUT2D eigenvalue weighted by Crippen LogP contribution is 2.24. The summed E-state index contributed by atoms with van der Waals surface area (Å²) >= 11 is 3.50. The molecule has 0 saturated carbocycles. The van der Waals surface area contributed by atoms with Gasteiger partial charge in [0.2, 0.25) is 0 Å². The minimum atomic E-state index is 0.264. The van der Waals surface area contributed by atoms with E-state index in [9.17, 15) is 0 Å². The van der Waals surface area contributed by atoms with E-state index in [1.807, 2.05) is 12.1 Å². The Hall–Kier alpha value is -0.580. The van der Waals surface area contributed by atoms with Crippen molar-refractivity contribution in [3.8, 4) is 5.75 Å². The number of rotatable bonds is 6. The molecule has 1 heterocycles. The molecule has 0 aliphatic carbocycles. The Morgan fingerprint density at radius 2 is 2.39 bits per heavy atom. The zero-order valence-corrected chi connectivity index (χ0v) is 12.3. The third-order valence-electron chi connectivity index (χ3n) is 3.04. The third kappa shape index (κ3) is 3.97. The summed E-state index contributed by atoms with van der Waals surface area (Å²) in [6, 6.07) is 6.14. The van der Waals surface area contributed by atoms with Crippen molar-refractivity contribution in [3.63, 3.8) is 0 Å². The molecule has 0 spiro atoms. The summed E-state index contributed by atoms with van der Waals surface area (Å²) in [6.07, 6.45) is 2.53. The van der Waals surface area contributed by atoms with Gasteiger partial charge in [0.1, 0.15) is 12.4 Å². The average Bonchev–Trinajstić information content (AvgIpc) is 2.88. The van der Waals surface area contributed by atoms with Gasteiger partial charge in [-0.1, -0.05) is 22.9 Å². The first kappa shape index (κ1) is 13.8. The first-order chi connectivity index (χ1) is 8.79. The molecule has 0 radical (unpaired) electrons. The molecule has 0 aromatic heterocycles. The van der Waals surface area contributed by atoms with Crippen molar-refractivity contribution in [2.24, 2.45) is 0 Å². The predicted molar refractivity (Wildman–Crippen MR) is 76.0 cm³/mol. The fourth-order valence-corrected chi connectivity index (χ4v) is 2.45. The summed E-state index contributed by atoms with van der Waals surface area (Å²) in [5.41, 5.74) is 1.18. The van der Waals surface area contributed by atoms with Crippen molar-refractivity contribution < 1.29 is 9.47 Å². The zero-order valence-electron chi connectivity index (χ0n) is 10.7. The Labute approximate surface area is 117 Å². The molecule has 0 amide bonds. The molecule has 1 N–H and O–H groups in total. The van der Waals surface area contributed by atoms with Gasteiger partial charge in [-0.25, -0.2) is 0 Å². The van der Waals surface area contributed by atoms with Gasteiger partial charge in [0.05, 0.1) is 6.10 Å². The predicted octanol–water partition coefficient (Wildman–Crippen LogP) is 3.12. The molecule has 4 heteroatoms. The Balaban J connectivity index is 1.96. The lowest BCUT2D eigenvalue weighted by molar-refractivity contribution is 0.0676. The smallest absolute Gasteiger partial charge is 0.124 e. The quantitative estimate of drug-likeness (QED) is 0.875. The van der Waals surface area contributed by atoms with Crippen molar-refractivity contribution >= 4 is 15.9 Å². The summed E-state index contributed by atoms with van der Waals surface area (Å²) in [4.78, 5) is 0. The van der Waals surface area contributed by atoms with Crippen LogP contribution in [0.25, 0.3) is 0 Å². The SMILES string of the molecule is CCNCc1cc(Br)ccc1OCC1CCCO1. The van der Waals surface area contributed by atoms with E-state index in [1.54, 1.807) is 0 Å². The molecule has 3 nitrogen and oxygen atoms in total. The van der Waals surface area contributed by atoms with Crippen LogP contribution in [-0.4, -0.2) is 25.9 Å². The summed E-state index contributed by atoms with van der Waals surface area (Å²) in [5, 5.41) is 3.33. The van der Waals surface area contributed by atoms with Gasteiger partial charge in [-0.05, 0) is 37.6 Å². The molecule has 2 rings (SSSR count). The van der Waals surface area contributed by atoms with E-state index < -0.39 is 0 Å². The first-order valence-corrected chi connectivity index (χ1v) is 7.32. The lowest BCUT2D eigenvalue weighted by Gasteiger charge is -2.15. The topological polar surface area (TPSA) is 30.5 Å². The van der Waals surface area contributed by atoms with E-state index >= 15 is 0 Å². The molecule has 18 heavy (non-hydrogen) atoms. The van der Waals surface area contributed by atoms with E-state index in [-0.39, 0.29) is 6.10 Å². The molecule has 1 aromatic rings. The number of hydrogen-bond donors (Lipinski definition) is 1. The van der Waals surface area contributed by atoms with Gasteiger partial charge in [-0.15, -0.1) is 0 Å². The fraction of sp³-hybridized carbons (Fsp3) is 0.571. The second-order valence-corrected chi connectivity index (χ2v) is 5.39. The van der Waals surface area contributed by atoms with Gasteiger partial charge < -0.3 is 14.8 Å². The van der Waals surface area contributed by atoms with Crippen LogP contribution in [-0.2, 0) is 11.3 Å². The van der Waals surface area contributed by atoms with Gasteiger partial charge >= 0.3 is 0 Å². The summed E-state index contributed by atoms with van der Waals surface area (Å²) < 4.78 is 12.5. The Bertz CT molecular complexity index is 378. The molecule has 1 aromatic carbocycles. The van der Waals surface area contributed by atoms with Crippen LogP contribution in [0.5, 0.6) is 5.75 Å². The van der Waals surface area contributed by atoms with Crippen LogP contribution in [0.3, 0.4) is 0 Å². The van der Waals surface area contributed by atoms with Crippen LogP contribution < -0.4 is 10.1 Å². The van der Waals surface area contributed by atoms with Gasteiger partial charge in [-0.2, -0.15) is 0 Å². The van der Waals surface area contributed by atoms with E-state index in [2.05, 4.69) is 34.2 Å². The van der Waals surface area contributed by atoms with Crippen molar-refractivity contribution in [1.82, 2.24) is 5.32 Å². The lowest BCUT2D eigenvalue weighted by Crippen LogP contribution is -2.18. The molecular weight excluding hydrogens is 294 g/mol. The van der Waals surface area contributed by atoms with E-state index in [0.29, 0.717) is 6.61 Å². The second kappa shape index (κ2) is 7.12. The highest BCUT2D eigenvalue weighted by atomic mass is 79.9. The monoisotopic (exact) mass is 313 g/mol. The van der Waals surface area contributed by atoms with Crippen LogP contribution in [0.4, 0.5) is 0 Å². The molecule has 1 saturated heterocycles. The van der Waals surface area contributed by atoms with Crippen LogP contribution >= 0.6 is 15.9 Å². The van der Waals surface area contributed by atoms with Gasteiger partial charge in [0.15, 0.2) is 0 Å². The highest BCUT2D eigenvalue weighted by Gasteiger charge is 2.16. The number of benzene rings is 1. The number of halogens is 1. The molecule has 1 aliphatic rings. The Morgan fingerprint density at radius 3 is 3.11 bits per heavy atom. The van der Waals surface area contributed by atoms with E-state index in [1.165, 1.54) is 5.56 Å². The average molecular weight is 314 g/mol. The summed E-state index contributed by atoms with van der Waals surface area (Å²) in [7, 11) is 0. The Kier molecular flexibility index (Phi) is 5.47. The van der Waals surface area contributed by atoms with Crippen molar-refractivity contribution in [2.75, 3.05) is 19.8 Å². The number of ether oxygens (including phenoxy) is 2. The molecule has 100 valence electrons. The number of hydrogen-bond acceptors (Lipinski definition) is 3.